The van der Waals surface area contributed by atoms with E-state index < -0.39 is 0 Å². The number of hydrogen-bond acceptors (Lipinski definition) is 5. The molecule has 0 amide bonds. The van der Waals surface area contributed by atoms with E-state index >= 15 is 0 Å². The predicted molar refractivity (Wildman–Crippen MR) is 80.3 cm³/mol. The van der Waals surface area contributed by atoms with E-state index in [2.05, 4.69) is 22.4 Å². The van der Waals surface area contributed by atoms with Gasteiger partial charge in [-0.25, -0.2) is 0 Å². The van der Waals surface area contributed by atoms with Crippen LogP contribution in [-0.2, 0) is 0 Å². The largest absolute Gasteiger partial charge is 0.495 e. The normalized spacial score (nSPS) is 10.5. The van der Waals surface area contributed by atoms with E-state index in [4.69, 9.17) is 16.3 Å². The van der Waals surface area contributed by atoms with Crippen molar-refractivity contribution in [3.63, 3.8) is 0 Å². The SMILES string of the molecule is CCCCNc1nnc(-c2ccc(OC)c(Cl)c2)s1. The Kier molecular flexibility index (Phi) is 4.99. The number of aromatic nitrogens is 2. The molecule has 0 atom stereocenters. The molecule has 0 aliphatic rings. The lowest BCUT2D eigenvalue weighted by atomic mass is 10.2. The van der Waals surface area contributed by atoms with Gasteiger partial charge in [-0.1, -0.05) is 36.3 Å². The first-order chi connectivity index (χ1) is 9.24. The predicted octanol–water partition coefficient (Wildman–Crippen LogP) is 4.08. The molecule has 2 aromatic rings. The highest BCUT2D eigenvalue weighted by molar-refractivity contribution is 7.18. The number of benzene rings is 1. The number of rotatable bonds is 6. The standard InChI is InChI=1S/C13H16ClN3OS/c1-3-4-7-15-13-17-16-12(19-13)9-5-6-11(18-2)10(14)8-9/h5-6,8H,3-4,7H2,1-2H3,(H,15,17). The van der Waals surface area contributed by atoms with Gasteiger partial charge in [-0.05, 0) is 24.6 Å². The highest BCUT2D eigenvalue weighted by atomic mass is 35.5. The Morgan fingerprint density at radius 2 is 2.21 bits per heavy atom. The zero-order valence-corrected chi connectivity index (χ0v) is 12.5. The minimum Gasteiger partial charge on any atom is -0.495 e. The Morgan fingerprint density at radius 1 is 1.37 bits per heavy atom. The van der Waals surface area contributed by atoms with Crippen molar-refractivity contribution in [1.29, 1.82) is 0 Å². The molecular weight excluding hydrogens is 282 g/mol. The molecule has 0 radical (unpaired) electrons. The van der Waals surface area contributed by atoms with Gasteiger partial charge in [-0.3, -0.25) is 0 Å². The molecule has 1 heterocycles. The number of methoxy groups -OCH3 is 1. The van der Waals surface area contributed by atoms with Gasteiger partial charge in [0.1, 0.15) is 10.8 Å². The summed E-state index contributed by atoms with van der Waals surface area (Å²) in [5, 5.41) is 13.8. The van der Waals surface area contributed by atoms with E-state index in [1.54, 1.807) is 7.11 Å². The van der Waals surface area contributed by atoms with Crippen LogP contribution in [0.3, 0.4) is 0 Å². The first-order valence-corrected chi connectivity index (χ1v) is 7.35. The first-order valence-electron chi connectivity index (χ1n) is 6.16. The van der Waals surface area contributed by atoms with Gasteiger partial charge < -0.3 is 10.1 Å². The van der Waals surface area contributed by atoms with Gasteiger partial charge in [-0.2, -0.15) is 0 Å². The topological polar surface area (TPSA) is 47.0 Å². The fraction of sp³-hybridized carbons (Fsp3) is 0.385. The molecule has 0 aliphatic carbocycles. The second-order valence-electron chi connectivity index (χ2n) is 4.04. The summed E-state index contributed by atoms with van der Waals surface area (Å²) < 4.78 is 5.13. The fourth-order valence-corrected chi connectivity index (χ4v) is 2.61. The molecular formula is C13H16ClN3OS. The maximum Gasteiger partial charge on any atom is 0.206 e. The number of anilines is 1. The van der Waals surface area contributed by atoms with Crippen LogP contribution in [0.1, 0.15) is 19.8 Å². The molecule has 2 rings (SSSR count). The summed E-state index contributed by atoms with van der Waals surface area (Å²) >= 11 is 7.63. The number of hydrogen-bond donors (Lipinski definition) is 1. The summed E-state index contributed by atoms with van der Waals surface area (Å²) in [4.78, 5) is 0. The maximum atomic E-state index is 6.10. The van der Waals surface area contributed by atoms with E-state index in [0.29, 0.717) is 10.8 Å². The Hall–Kier alpha value is -1.33. The first kappa shape index (κ1) is 14.1. The molecule has 102 valence electrons. The zero-order chi connectivity index (χ0) is 13.7. The minimum absolute atomic E-state index is 0.579. The highest BCUT2D eigenvalue weighted by Gasteiger charge is 2.09. The number of nitrogens with one attached hydrogen (secondary N) is 1. The lowest BCUT2D eigenvalue weighted by molar-refractivity contribution is 0.415. The smallest absolute Gasteiger partial charge is 0.206 e. The second-order valence-corrected chi connectivity index (χ2v) is 5.43. The van der Waals surface area contributed by atoms with Crippen molar-refractivity contribution in [1.82, 2.24) is 10.2 Å². The minimum atomic E-state index is 0.579. The molecule has 1 N–H and O–H groups in total. The van der Waals surface area contributed by atoms with Gasteiger partial charge in [0.2, 0.25) is 5.13 Å². The Morgan fingerprint density at radius 3 is 2.89 bits per heavy atom. The lowest BCUT2D eigenvalue weighted by Gasteiger charge is -2.03. The Labute approximate surface area is 121 Å². The van der Waals surface area contributed by atoms with Gasteiger partial charge in [0.05, 0.1) is 12.1 Å². The molecule has 0 aliphatic heterocycles. The third kappa shape index (κ3) is 3.58. The van der Waals surface area contributed by atoms with E-state index in [9.17, 15) is 0 Å². The summed E-state index contributed by atoms with van der Waals surface area (Å²) in [5.41, 5.74) is 0.951. The maximum absolute atomic E-state index is 6.10. The van der Waals surface area contributed by atoms with Gasteiger partial charge >= 0.3 is 0 Å². The van der Waals surface area contributed by atoms with E-state index in [1.807, 2.05) is 18.2 Å². The van der Waals surface area contributed by atoms with Gasteiger partial charge in [-0.15, -0.1) is 10.2 Å². The monoisotopic (exact) mass is 297 g/mol. The Balaban J connectivity index is 2.11. The van der Waals surface area contributed by atoms with E-state index in [1.165, 1.54) is 11.3 Å². The van der Waals surface area contributed by atoms with Crippen molar-refractivity contribution in [2.75, 3.05) is 19.0 Å². The van der Waals surface area contributed by atoms with Gasteiger partial charge in [0.15, 0.2) is 0 Å². The van der Waals surface area contributed by atoms with Crippen LogP contribution >= 0.6 is 22.9 Å². The molecule has 1 aromatic carbocycles. The van der Waals surface area contributed by atoms with E-state index in [0.717, 1.165) is 35.1 Å². The van der Waals surface area contributed by atoms with Crippen LogP contribution in [0, 0.1) is 0 Å². The van der Waals surface area contributed by atoms with E-state index in [-0.39, 0.29) is 0 Å². The van der Waals surface area contributed by atoms with Crippen molar-refractivity contribution in [2.24, 2.45) is 0 Å². The van der Waals surface area contributed by atoms with Crippen LogP contribution in [0.4, 0.5) is 5.13 Å². The van der Waals surface area contributed by atoms with Crippen molar-refractivity contribution in [2.45, 2.75) is 19.8 Å². The van der Waals surface area contributed by atoms with Gasteiger partial charge in [0, 0.05) is 12.1 Å². The molecule has 0 spiro atoms. The average molecular weight is 298 g/mol. The zero-order valence-electron chi connectivity index (χ0n) is 10.9. The van der Waals surface area contributed by atoms with Gasteiger partial charge in [0.25, 0.3) is 0 Å². The third-order valence-electron chi connectivity index (χ3n) is 2.63. The van der Waals surface area contributed by atoms with Crippen LogP contribution < -0.4 is 10.1 Å². The van der Waals surface area contributed by atoms with Crippen LogP contribution in [0.5, 0.6) is 5.75 Å². The molecule has 19 heavy (non-hydrogen) atoms. The van der Waals surface area contributed by atoms with Crippen LogP contribution in [0.25, 0.3) is 10.6 Å². The molecule has 0 bridgehead atoms. The fourth-order valence-electron chi connectivity index (χ4n) is 1.58. The summed E-state index contributed by atoms with van der Waals surface area (Å²) in [6, 6.07) is 5.61. The molecule has 0 saturated heterocycles. The summed E-state index contributed by atoms with van der Waals surface area (Å²) in [7, 11) is 1.60. The van der Waals surface area contributed by atoms with Crippen molar-refractivity contribution < 1.29 is 4.74 Å². The van der Waals surface area contributed by atoms with Crippen LogP contribution in [0.2, 0.25) is 5.02 Å². The molecule has 0 saturated carbocycles. The molecule has 0 unspecified atom stereocenters. The quantitative estimate of drug-likeness (QED) is 0.816. The lowest BCUT2D eigenvalue weighted by Crippen LogP contribution is -1.99. The highest BCUT2D eigenvalue weighted by Crippen LogP contribution is 2.32. The number of halogens is 1. The molecule has 1 aromatic heterocycles. The average Bonchev–Trinajstić information content (AvgIpc) is 2.88. The summed E-state index contributed by atoms with van der Waals surface area (Å²) in [6.45, 7) is 3.08. The Bertz CT molecular complexity index is 544. The number of ether oxygens (including phenoxy) is 1. The van der Waals surface area contributed by atoms with Crippen molar-refractivity contribution in [3.05, 3.63) is 23.2 Å². The number of nitrogens with zero attached hydrogens (tertiary/aromatic N) is 2. The van der Waals surface area contributed by atoms with Crippen molar-refractivity contribution >= 4 is 28.1 Å². The second kappa shape index (κ2) is 6.73. The van der Waals surface area contributed by atoms with Crippen LogP contribution in [-0.4, -0.2) is 23.9 Å². The van der Waals surface area contributed by atoms with Crippen molar-refractivity contribution in [3.8, 4) is 16.3 Å². The van der Waals surface area contributed by atoms with Crippen LogP contribution in [0.15, 0.2) is 18.2 Å². The number of unbranched alkanes of at least 4 members (excludes halogenated alkanes) is 1. The molecule has 6 heteroatoms. The summed E-state index contributed by atoms with van der Waals surface area (Å²) in [5.74, 6) is 0.663. The third-order valence-corrected chi connectivity index (χ3v) is 3.86. The molecule has 4 nitrogen and oxygen atoms in total. The summed E-state index contributed by atoms with van der Waals surface area (Å²) in [6.07, 6.45) is 2.29. The molecule has 0 fully saturated rings.